The molecule has 0 saturated carbocycles. The van der Waals surface area contributed by atoms with E-state index in [1.165, 1.54) is 11.9 Å². The molecule has 0 aliphatic heterocycles. The van der Waals surface area contributed by atoms with Crippen LogP contribution in [0.15, 0.2) is 91.4 Å². The van der Waals surface area contributed by atoms with Crippen molar-refractivity contribution in [3.63, 3.8) is 0 Å². The summed E-state index contributed by atoms with van der Waals surface area (Å²) in [5, 5.41) is 10.4. The van der Waals surface area contributed by atoms with Crippen LogP contribution in [0.2, 0.25) is 0 Å². The van der Waals surface area contributed by atoms with Gasteiger partial charge in [-0.25, -0.2) is 9.50 Å². The third kappa shape index (κ3) is 3.48. The Balaban J connectivity index is 1.47. The Morgan fingerprint density at radius 3 is 2.53 bits per heavy atom. The summed E-state index contributed by atoms with van der Waals surface area (Å²) in [5.74, 6) is 0.431. The summed E-state index contributed by atoms with van der Waals surface area (Å²) in [5.41, 5.74) is 20.1. The lowest BCUT2D eigenvalue weighted by atomic mass is 10.0. The maximum Gasteiger partial charge on any atom is 0.152 e. The monoisotopic (exact) mass is 445 g/mol. The Labute approximate surface area is 196 Å². The molecule has 0 aliphatic rings. The average Bonchev–Trinajstić information content (AvgIpc) is 3.46. The average molecular weight is 446 g/mol. The fraction of sp³-hybridized carbons (Fsp3) is 0.0741. The van der Waals surface area contributed by atoms with Gasteiger partial charge in [0.2, 0.25) is 0 Å². The Morgan fingerprint density at radius 1 is 0.824 bits per heavy atom. The molecule has 3 heterocycles. The molecule has 7 nitrogen and oxygen atoms in total. The number of benzene rings is 3. The van der Waals surface area contributed by atoms with Crippen molar-refractivity contribution in [3.8, 4) is 22.4 Å². The smallest absolute Gasteiger partial charge is 0.152 e. The Bertz CT molecular complexity index is 1630. The van der Waals surface area contributed by atoms with E-state index < -0.39 is 0 Å². The number of nitrogens with two attached hydrogens (primary N) is 2. The lowest BCUT2D eigenvalue weighted by molar-refractivity contribution is 0.696. The largest absolute Gasteiger partial charge is 0.382 e. The number of nitrogens with zero attached hydrogens (tertiary/aromatic N) is 5. The first-order valence-corrected chi connectivity index (χ1v) is 11.1. The molecule has 0 saturated heterocycles. The number of hydrogen-bond donors (Lipinski definition) is 2. The van der Waals surface area contributed by atoms with Gasteiger partial charge in [0, 0.05) is 29.3 Å². The molecule has 0 fully saturated rings. The lowest BCUT2D eigenvalue weighted by Gasteiger charge is -2.05. The number of anilines is 1. The maximum absolute atomic E-state index is 6.33. The second-order valence-corrected chi connectivity index (χ2v) is 8.34. The molecule has 0 amide bonds. The molecule has 34 heavy (non-hydrogen) atoms. The minimum atomic E-state index is 0.431. The molecule has 0 spiro atoms. The van der Waals surface area contributed by atoms with Crippen molar-refractivity contribution >= 4 is 22.2 Å². The Morgan fingerprint density at radius 2 is 1.68 bits per heavy atom. The highest BCUT2D eigenvalue weighted by Gasteiger charge is 2.17. The molecule has 0 unspecified atom stereocenters. The zero-order valence-corrected chi connectivity index (χ0v) is 18.5. The first-order valence-electron chi connectivity index (χ1n) is 11.1. The quantitative estimate of drug-likeness (QED) is 0.407. The molecule has 3 aromatic carbocycles. The van der Waals surface area contributed by atoms with E-state index in [1.54, 1.807) is 0 Å². The van der Waals surface area contributed by atoms with Crippen molar-refractivity contribution in [2.45, 2.75) is 13.1 Å². The molecule has 0 aliphatic carbocycles. The van der Waals surface area contributed by atoms with Crippen LogP contribution >= 0.6 is 0 Å². The fourth-order valence-electron chi connectivity index (χ4n) is 4.44. The van der Waals surface area contributed by atoms with E-state index in [9.17, 15) is 0 Å². The summed E-state index contributed by atoms with van der Waals surface area (Å²) in [4.78, 5) is 4.25. The SMILES string of the molecule is NCc1cccc(-c2cc(-c3ccc4cn(Cc5ccccc5)nc4c3)c3c(N)ncnn23)c1. The molecule has 0 radical (unpaired) electrons. The highest BCUT2D eigenvalue weighted by Crippen LogP contribution is 2.35. The van der Waals surface area contributed by atoms with Crippen LogP contribution in [0.5, 0.6) is 0 Å². The third-order valence-electron chi connectivity index (χ3n) is 6.09. The van der Waals surface area contributed by atoms with Gasteiger partial charge in [-0.2, -0.15) is 10.2 Å². The van der Waals surface area contributed by atoms with Crippen molar-refractivity contribution in [1.29, 1.82) is 0 Å². The summed E-state index contributed by atoms with van der Waals surface area (Å²) in [6.45, 7) is 1.20. The number of rotatable bonds is 5. The first kappa shape index (κ1) is 20.1. The zero-order chi connectivity index (χ0) is 23.1. The van der Waals surface area contributed by atoms with Gasteiger partial charge < -0.3 is 11.5 Å². The number of aromatic nitrogens is 5. The van der Waals surface area contributed by atoms with E-state index in [2.05, 4.69) is 64.8 Å². The summed E-state index contributed by atoms with van der Waals surface area (Å²) in [6.07, 6.45) is 3.56. The fourth-order valence-corrected chi connectivity index (χ4v) is 4.44. The molecule has 6 aromatic rings. The molecule has 0 bridgehead atoms. The van der Waals surface area contributed by atoms with Gasteiger partial charge in [0.15, 0.2) is 5.82 Å². The van der Waals surface area contributed by atoms with Gasteiger partial charge in [-0.3, -0.25) is 4.68 Å². The van der Waals surface area contributed by atoms with Crippen molar-refractivity contribution < 1.29 is 0 Å². The van der Waals surface area contributed by atoms with E-state index in [0.717, 1.165) is 50.9 Å². The number of hydrogen-bond acceptors (Lipinski definition) is 5. The van der Waals surface area contributed by atoms with Gasteiger partial charge in [-0.1, -0.05) is 60.7 Å². The van der Waals surface area contributed by atoms with Crippen molar-refractivity contribution in [1.82, 2.24) is 24.4 Å². The van der Waals surface area contributed by atoms with E-state index in [1.807, 2.05) is 39.5 Å². The molecule has 3 aromatic heterocycles. The molecular formula is C27H23N7. The number of fused-ring (bicyclic) bond motifs is 2. The standard InChI is InChI=1S/C27H23N7/c28-14-19-7-4-8-21(11-19)25-13-23(26-27(29)30-17-31-34(25)26)20-9-10-22-16-33(32-24(22)12-20)15-18-5-2-1-3-6-18/h1-13,16-17H,14-15,28H2,(H2,29,30,31). The summed E-state index contributed by atoms with van der Waals surface area (Å²) >= 11 is 0. The van der Waals surface area contributed by atoms with E-state index in [0.29, 0.717) is 12.4 Å². The van der Waals surface area contributed by atoms with Crippen LogP contribution in [0, 0.1) is 0 Å². The predicted octanol–water partition coefficient (Wildman–Crippen LogP) is 4.50. The second-order valence-electron chi connectivity index (χ2n) is 8.34. The van der Waals surface area contributed by atoms with Crippen LogP contribution in [-0.2, 0) is 13.1 Å². The molecular weight excluding hydrogens is 422 g/mol. The van der Waals surface area contributed by atoms with Crippen LogP contribution < -0.4 is 11.5 Å². The molecule has 7 heteroatoms. The van der Waals surface area contributed by atoms with Crippen molar-refractivity contribution in [2.24, 2.45) is 5.73 Å². The van der Waals surface area contributed by atoms with Crippen LogP contribution in [-0.4, -0.2) is 24.4 Å². The van der Waals surface area contributed by atoms with E-state index >= 15 is 0 Å². The van der Waals surface area contributed by atoms with Gasteiger partial charge >= 0.3 is 0 Å². The second kappa shape index (κ2) is 8.13. The minimum absolute atomic E-state index is 0.431. The van der Waals surface area contributed by atoms with Gasteiger partial charge in [0.05, 0.1) is 17.8 Å². The summed E-state index contributed by atoms with van der Waals surface area (Å²) in [6, 6.07) is 26.9. The van der Waals surface area contributed by atoms with Gasteiger partial charge in [0.1, 0.15) is 11.8 Å². The third-order valence-corrected chi connectivity index (χ3v) is 6.09. The zero-order valence-electron chi connectivity index (χ0n) is 18.5. The van der Waals surface area contributed by atoms with Crippen LogP contribution in [0.1, 0.15) is 11.1 Å². The normalized spacial score (nSPS) is 11.4. The molecule has 166 valence electrons. The van der Waals surface area contributed by atoms with Crippen LogP contribution in [0.4, 0.5) is 5.82 Å². The van der Waals surface area contributed by atoms with Crippen LogP contribution in [0.25, 0.3) is 38.8 Å². The minimum Gasteiger partial charge on any atom is -0.382 e. The highest BCUT2D eigenvalue weighted by molar-refractivity contribution is 5.95. The van der Waals surface area contributed by atoms with E-state index in [-0.39, 0.29) is 0 Å². The lowest BCUT2D eigenvalue weighted by Crippen LogP contribution is -2.01. The van der Waals surface area contributed by atoms with Gasteiger partial charge in [-0.05, 0) is 34.9 Å². The molecule has 0 atom stereocenters. The van der Waals surface area contributed by atoms with Crippen LogP contribution in [0.3, 0.4) is 0 Å². The predicted molar refractivity (Wildman–Crippen MR) is 135 cm³/mol. The van der Waals surface area contributed by atoms with Gasteiger partial charge in [0.25, 0.3) is 0 Å². The van der Waals surface area contributed by atoms with Gasteiger partial charge in [-0.15, -0.1) is 0 Å². The summed E-state index contributed by atoms with van der Waals surface area (Å²) < 4.78 is 3.83. The summed E-state index contributed by atoms with van der Waals surface area (Å²) in [7, 11) is 0. The Kier molecular flexibility index (Phi) is 4.82. The number of nitrogen functional groups attached to an aromatic ring is 1. The molecule has 4 N–H and O–H groups in total. The van der Waals surface area contributed by atoms with E-state index in [4.69, 9.17) is 16.6 Å². The highest BCUT2D eigenvalue weighted by atomic mass is 15.3. The topological polar surface area (TPSA) is 100 Å². The first-order chi connectivity index (χ1) is 16.7. The molecule has 6 rings (SSSR count). The van der Waals surface area contributed by atoms with Crippen molar-refractivity contribution in [3.05, 3.63) is 103 Å². The maximum atomic E-state index is 6.33. The van der Waals surface area contributed by atoms with Crippen molar-refractivity contribution in [2.75, 3.05) is 5.73 Å². The Hall–Kier alpha value is -4.49.